The van der Waals surface area contributed by atoms with Crippen molar-refractivity contribution in [2.75, 3.05) is 22.7 Å². The summed E-state index contributed by atoms with van der Waals surface area (Å²) >= 11 is 6.09. The van der Waals surface area contributed by atoms with Crippen LogP contribution in [0.5, 0.6) is 5.75 Å². The molecule has 35 heavy (non-hydrogen) atoms. The van der Waals surface area contributed by atoms with Crippen LogP contribution in [0.1, 0.15) is 17.4 Å². The van der Waals surface area contributed by atoms with E-state index in [9.17, 15) is 18.8 Å². The number of anilines is 2. The molecule has 10 heteroatoms. The Labute approximate surface area is 204 Å². The highest BCUT2D eigenvalue weighted by atomic mass is 35.5. The Morgan fingerprint density at radius 3 is 2.23 bits per heavy atom. The summed E-state index contributed by atoms with van der Waals surface area (Å²) in [6.45, 7) is 2.39. The first-order valence-electron chi connectivity index (χ1n) is 10.6. The summed E-state index contributed by atoms with van der Waals surface area (Å²) < 4.78 is 19.7. The van der Waals surface area contributed by atoms with Crippen molar-refractivity contribution in [3.05, 3.63) is 89.3 Å². The Bertz CT molecular complexity index is 1400. The summed E-state index contributed by atoms with van der Waals surface area (Å²) in [7, 11) is 0. The van der Waals surface area contributed by atoms with E-state index in [1.807, 2.05) is 6.92 Å². The number of hydrogen-bond donors (Lipinski definition) is 3. The fourth-order valence-corrected chi connectivity index (χ4v) is 3.52. The lowest BCUT2D eigenvalue weighted by atomic mass is 10.2. The third-order valence-electron chi connectivity index (χ3n) is 4.94. The molecule has 1 aromatic heterocycles. The van der Waals surface area contributed by atoms with Crippen molar-refractivity contribution in [3.63, 3.8) is 0 Å². The van der Waals surface area contributed by atoms with E-state index in [0.29, 0.717) is 34.0 Å². The number of nitrogens with zero attached hydrogens (tertiary/aromatic N) is 1. The summed E-state index contributed by atoms with van der Waals surface area (Å²) in [5.74, 6) is -2.37. The van der Waals surface area contributed by atoms with E-state index in [2.05, 4.69) is 16.1 Å². The molecule has 3 N–H and O–H groups in total. The number of fused-ring (bicyclic) bond motifs is 1. The fraction of sp³-hybridized carbons (Fsp3) is 0.0800. The van der Waals surface area contributed by atoms with Crippen molar-refractivity contribution >= 4 is 51.6 Å². The number of nitrogens with one attached hydrogen (secondary N) is 3. The van der Waals surface area contributed by atoms with Crippen molar-refractivity contribution in [2.45, 2.75) is 6.92 Å². The molecule has 3 amide bonds. The Kier molecular flexibility index (Phi) is 6.98. The molecule has 0 atom stereocenters. The quantitative estimate of drug-likeness (QED) is 0.335. The van der Waals surface area contributed by atoms with Gasteiger partial charge in [0.05, 0.1) is 12.1 Å². The molecule has 178 valence electrons. The highest BCUT2D eigenvalue weighted by Gasteiger charge is 2.21. The van der Waals surface area contributed by atoms with Crippen molar-refractivity contribution in [1.82, 2.24) is 4.68 Å². The maximum atomic E-state index is 13.1. The molecule has 3 aromatic carbocycles. The second-order valence-electron chi connectivity index (χ2n) is 7.38. The van der Waals surface area contributed by atoms with Gasteiger partial charge in [-0.1, -0.05) is 11.6 Å². The average Bonchev–Trinajstić information content (AvgIpc) is 3.19. The van der Waals surface area contributed by atoms with Crippen molar-refractivity contribution in [1.29, 1.82) is 0 Å². The Balaban J connectivity index is 1.58. The highest BCUT2D eigenvalue weighted by molar-refractivity contribution is 6.42. The summed E-state index contributed by atoms with van der Waals surface area (Å²) in [6, 6.07) is 18.1. The standard InChI is InChI=1S/C25H20ClFN4O4/c1-2-35-20-10-8-19(9-11-20)28-23(32)22-14-15-13-16(26)3-12-21(15)31(22)30-25(34)24(33)29-18-6-4-17(27)5-7-18/h3-14H,2H2,1H3,(H,28,32)(H,29,33)(H,30,34). The monoisotopic (exact) mass is 494 g/mol. The van der Waals surface area contributed by atoms with Gasteiger partial charge in [0.2, 0.25) is 0 Å². The molecule has 0 aliphatic heterocycles. The van der Waals surface area contributed by atoms with Gasteiger partial charge in [-0.15, -0.1) is 0 Å². The molecule has 0 bridgehead atoms. The van der Waals surface area contributed by atoms with Gasteiger partial charge in [0.25, 0.3) is 5.91 Å². The second kappa shape index (κ2) is 10.3. The van der Waals surface area contributed by atoms with Crippen LogP contribution in [-0.4, -0.2) is 29.0 Å². The first-order chi connectivity index (χ1) is 16.8. The first kappa shape index (κ1) is 23.8. The van der Waals surface area contributed by atoms with Gasteiger partial charge in [-0.05, 0) is 79.7 Å². The van der Waals surface area contributed by atoms with Crippen LogP contribution in [0.25, 0.3) is 10.9 Å². The normalized spacial score (nSPS) is 10.6. The largest absolute Gasteiger partial charge is 0.494 e. The molecule has 0 radical (unpaired) electrons. The summed E-state index contributed by atoms with van der Waals surface area (Å²) in [5, 5.41) is 6.15. The number of carbonyl (C=O) groups excluding carboxylic acids is 3. The Morgan fingerprint density at radius 1 is 0.886 bits per heavy atom. The van der Waals surface area contributed by atoms with Crippen LogP contribution in [0.3, 0.4) is 0 Å². The lowest BCUT2D eigenvalue weighted by Gasteiger charge is -2.13. The lowest BCUT2D eigenvalue weighted by Crippen LogP contribution is -2.36. The molecule has 0 spiro atoms. The number of benzene rings is 3. The number of amides is 3. The zero-order valence-corrected chi connectivity index (χ0v) is 19.2. The molecule has 0 saturated carbocycles. The number of carbonyl (C=O) groups is 3. The van der Waals surface area contributed by atoms with E-state index < -0.39 is 23.5 Å². The van der Waals surface area contributed by atoms with Gasteiger partial charge in [0.15, 0.2) is 0 Å². The number of halogens is 2. The van der Waals surface area contributed by atoms with Crippen LogP contribution < -0.4 is 20.8 Å². The zero-order chi connectivity index (χ0) is 24.9. The first-order valence-corrected chi connectivity index (χ1v) is 10.9. The number of ether oxygens (including phenoxy) is 1. The molecular weight excluding hydrogens is 475 g/mol. The smallest absolute Gasteiger partial charge is 0.328 e. The van der Waals surface area contributed by atoms with Gasteiger partial charge < -0.3 is 15.4 Å². The van der Waals surface area contributed by atoms with E-state index in [1.54, 1.807) is 48.5 Å². The van der Waals surface area contributed by atoms with Crippen LogP contribution in [0.2, 0.25) is 5.02 Å². The topological polar surface area (TPSA) is 101 Å². The molecule has 0 aliphatic rings. The number of rotatable bonds is 6. The van der Waals surface area contributed by atoms with Gasteiger partial charge in [-0.2, -0.15) is 0 Å². The van der Waals surface area contributed by atoms with E-state index in [1.165, 1.54) is 16.8 Å². The van der Waals surface area contributed by atoms with Gasteiger partial charge in [-0.25, -0.2) is 9.07 Å². The predicted octanol–water partition coefficient (Wildman–Crippen LogP) is 4.79. The Morgan fingerprint density at radius 2 is 1.54 bits per heavy atom. The predicted molar refractivity (Wildman–Crippen MR) is 132 cm³/mol. The summed E-state index contributed by atoms with van der Waals surface area (Å²) in [6.07, 6.45) is 0. The van der Waals surface area contributed by atoms with E-state index in [-0.39, 0.29) is 11.4 Å². The van der Waals surface area contributed by atoms with Gasteiger partial charge in [0.1, 0.15) is 17.3 Å². The van der Waals surface area contributed by atoms with E-state index in [4.69, 9.17) is 16.3 Å². The molecule has 0 fully saturated rings. The highest BCUT2D eigenvalue weighted by Crippen LogP contribution is 2.24. The molecule has 4 aromatic rings. The summed E-state index contributed by atoms with van der Waals surface area (Å²) in [4.78, 5) is 38.1. The average molecular weight is 495 g/mol. The molecule has 4 rings (SSSR count). The minimum absolute atomic E-state index is 0.0686. The van der Waals surface area contributed by atoms with E-state index >= 15 is 0 Å². The van der Waals surface area contributed by atoms with Crippen LogP contribution in [0.4, 0.5) is 15.8 Å². The van der Waals surface area contributed by atoms with Crippen LogP contribution in [0, 0.1) is 5.82 Å². The lowest BCUT2D eigenvalue weighted by molar-refractivity contribution is -0.133. The molecule has 0 saturated heterocycles. The van der Waals surface area contributed by atoms with Gasteiger partial charge in [-0.3, -0.25) is 19.8 Å². The van der Waals surface area contributed by atoms with Gasteiger partial charge >= 0.3 is 11.8 Å². The fourth-order valence-electron chi connectivity index (χ4n) is 3.34. The second-order valence-corrected chi connectivity index (χ2v) is 7.82. The molecule has 8 nitrogen and oxygen atoms in total. The third kappa shape index (κ3) is 5.59. The zero-order valence-electron chi connectivity index (χ0n) is 18.5. The van der Waals surface area contributed by atoms with E-state index in [0.717, 1.165) is 12.1 Å². The maximum Gasteiger partial charge on any atom is 0.328 e. The molecular formula is C25H20ClFN4O4. The van der Waals surface area contributed by atoms with Crippen LogP contribution in [0.15, 0.2) is 72.8 Å². The number of aromatic nitrogens is 1. The van der Waals surface area contributed by atoms with Crippen LogP contribution >= 0.6 is 11.6 Å². The SMILES string of the molecule is CCOc1ccc(NC(=O)c2cc3cc(Cl)ccc3n2NC(=O)C(=O)Nc2ccc(F)cc2)cc1. The number of hydrogen-bond acceptors (Lipinski definition) is 4. The Hall–Kier alpha value is -4.37. The molecule has 0 aliphatic carbocycles. The van der Waals surface area contributed by atoms with Crippen molar-refractivity contribution in [2.24, 2.45) is 0 Å². The minimum Gasteiger partial charge on any atom is -0.494 e. The third-order valence-corrected chi connectivity index (χ3v) is 5.18. The molecule has 1 heterocycles. The van der Waals surface area contributed by atoms with Crippen molar-refractivity contribution in [3.8, 4) is 5.75 Å². The minimum atomic E-state index is -1.03. The maximum absolute atomic E-state index is 13.1. The van der Waals surface area contributed by atoms with Crippen LogP contribution in [-0.2, 0) is 9.59 Å². The molecule has 0 unspecified atom stereocenters. The summed E-state index contributed by atoms with van der Waals surface area (Å²) in [5.41, 5.74) is 3.71. The van der Waals surface area contributed by atoms with Gasteiger partial charge in [0, 0.05) is 21.8 Å². The van der Waals surface area contributed by atoms with Crippen molar-refractivity contribution < 1.29 is 23.5 Å².